The summed E-state index contributed by atoms with van der Waals surface area (Å²) in [6, 6.07) is 8.57. The first-order chi connectivity index (χ1) is 11.6. The molecule has 0 unspecified atom stereocenters. The van der Waals surface area contributed by atoms with Gasteiger partial charge < -0.3 is 15.0 Å². The van der Waals surface area contributed by atoms with Gasteiger partial charge in [-0.15, -0.1) is 0 Å². The Balaban J connectivity index is 1.79. The van der Waals surface area contributed by atoms with Crippen LogP contribution in [0.2, 0.25) is 0 Å². The molecule has 5 nitrogen and oxygen atoms in total. The molecule has 1 aliphatic rings. The molecule has 130 valence electrons. The first-order valence-corrected chi connectivity index (χ1v) is 8.79. The van der Waals surface area contributed by atoms with Crippen molar-refractivity contribution < 1.29 is 9.90 Å². The lowest BCUT2D eigenvalue weighted by Crippen LogP contribution is -2.40. The van der Waals surface area contributed by atoms with Gasteiger partial charge in [0.15, 0.2) is 0 Å². The van der Waals surface area contributed by atoms with Crippen molar-refractivity contribution in [3.63, 3.8) is 0 Å². The maximum absolute atomic E-state index is 11.4. The molecular formula is C19H27N3O2. The minimum absolute atomic E-state index is 0.0279. The molecule has 1 aliphatic heterocycles. The molecule has 2 aromatic rings. The molecule has 1 aromatic heterocycles. The summed E-state index contributed by atoms with van der Waals surface area (Å²) >= 11 is 0. The zero-order valence-electron chi connectivity index (χ0n) is 14.5. The van der Waals surface area contributed by atoms with Crippen molar-refractivity contribution in [2.24, 2.45) is 5.92 Å². The van der Waals surface area contributed by atoms with Crippen LogP contribution in [-0.2, 0) is 17.9 Å². The Kier molecular flexibility index (Phi) is 5.21. The summed E-state index contributed by atoms with van der Waals surface area (Å²) < 4.78 is 2.33. The SMILES string of the molecule is CCCn1cc(CN2C[C@@H](CO)[C@H](NC(C)=O)C2)c2ccccc21. The first-order valence-electron chi connectivity index (χ1n) is 8.79. The van der Waals surface area contributed by atoms with Gasteiger partial charge in [-0.05, 0) is 18.1 Å². The molecule has 2 atom stereocenters. The van der Waals surface area contributed by atoms with Gasteiger partial charge in [0.05, 0.1) is 0 Å². The van der Waals surface area contributed by atoms with E-state index in [0.29, 0.717) is 0 Å². The third-order valence-electron chi connectivity index (χ3n) is 4.87. The highest BCUT2D eigenvalue weighted by atomic mass is 16.3. The molecule has 0 saturated carbocycles. The Bertz CT molecular complexity index is 710. The summed E-state index contributed by atoms with van der Waals surface area (Å²) in [6.07, 6.45) is 3.37. The Morgan fingerprint density at radius 1 is 1.33 bits per heavy atom. The van der Waals surface area contributed by atoms with Gasteiger partial charge in [0.1, 0.15) is 0 Å². The molecule has 0 spiro atoms. The highest BCUT2D eigenvalue weighted by Gasteiger charge is 2.33. The van der Waals surface area contributed by atoms with E-state index >= 15 is 0 Å². The first kappa shape index (κ1) is 17.0. The normalized spacial score (nSPS) is 21.5. The van der Waals surface area contributed by atoms with Gasteiger partial charge in [-0.25, -0.2) is 0 Å². The number of aliphatic hydroxyl groups is 1. The summed E-state index contributed by atoms with van der Waals surface area (Å²) in [6.45, 7) is 7.32. The van der Waals surface area contributed by atoms with Crippen molar-refractivity contribution >= 4 is 16.8 Å². The van der Waals surface area contributed by atoms with Crippen LogP contribution in [0.3, 0.4) is 0 Å². The number of hydrogen-bond acceptors (Lipinski definition) is 3. The molecule has 1 amide bonds. The van der Waals surface area contributed by atoms with Crippen LogP contribution in [0.5, 0.6) is 0 Å². The van der Waals surface area contributed by atoms with Gasteiger partial charge in [-0.2, -0.15) is 0 Å². The number of likely N-dealkylation sites (tertiary alicyclic amines) is 1. The fourth-order valence-electron chi connectivity index (χ4n) is 3.81. The number of benzene rings is 1. The van der Waals surface area contributed by atoms with E-state index in [1.807, 2.05) is 0 Å². The minimum atomic E-state index is -0.0279. The Labute approximate surface area is 143 Å². The van der Waals surface area contributed by atoms with Gasteiger partial charge in [0, 0.05) is 68.8 Å². The summed E-state index contributed by atoms with van der Waals surface area (Å²) in [7, 11) is 0. The summed E-state index contributed by atoms with van der Waals surface area (Å²) in [5.41, 5.74) is 2.60. The van der Waals surface area contributed by atoms with Gasteiger partial charge >= 0.3 is 0 Å². The minimum Gasteiger partial charge on any atom is -0.396 e. The zero-order valence-corrected chi connectivity index (χ0v) is 14.5. The molecule has 3 rings (SSSR count). The van der Waals surface area contributed by atoms with E-state index in [1.165, 1.54) is 23.4 Å². The summed E-state index contributed by atoms with van der Waals surface area (Å²) in [5.74, 6) is 0.0812. The van der Waals surface area contributed by atoms with E-state index in [2.05, 4.69) is 52.2 Å². The number of amides is 1. The monoisotopic (exact) mass is 329 g/mol. The Hall–Kier alpha value is -1.85. The molecule has 24 heavy (non-hydrogen) atoms. The molecule has 0 bridgehead atoms. The summed E-state index contributed by atoms with van der Waals surface area (Å²) in [5, 5.41) is 13.9. The van der Waals surface area contributed by atoms with Crippen molar-refractivity contribution in [1.29, 1.82) is 0 Å². The lowest BCUT2D eigenvalue weighted by Gasteiger charge is -2.16. The fraction of sp³-hybridized carbons (Fsp3) is 0.526. The second kappa shape index (κ2) is 7.36. The predicted octanol–water partition coefficient (Wildman–Crippen LogP) is 1.98. The number of rotatable bonds is 6. The molecule has 2 N–H and O–H groups in total. The fourth-order valence-corrected chi connectivity index (χ4v) is 3.81. The van der Waals surface area contributed by atoms with Crippen LogP contribution in [0.25, 0.3) is 10.9 Å². The molecule has 1 fully saturated rings. The number of fused-ring (bicyclic) bond motifs is 1. The number of carbonyl (C=O) groups is 1. The number of aromatic nitrogens is 1. The van der Waals surface area contributed by atoms with Crippen LogP contribution in [0.1, 0.15) is 25.8 Å². The number of hydrogen-bond donors (Lipinski definition) is 2. The van der Waals surface area contributed by atoms with Crippen molar-refractivity contribution in [3.05, 3.63) is 36.0 Å². The smallest absolute Gasteiger partial charge is 0.217 e. The number of nitrogens with zero attached hydrogens (tertiary/aromatic N) is 2. The van der Waals surface area contributed by atoms with E-state index in [4.69, 9.17) is 0 Å². The molecule has 0 aliphatic carbocycles. The number of nitrogens with one attached hydrogen (secondary N) is 1. The van der Waals surface area contributed by atoms with Gasteiger partial charge in [-0.1, -0.05) is 25.1 Å². The quantitative estimate of drug-likeness (QED) is 0.852. The van der Waals surface area contributed by atoms with Crippen molar-refractivity contribution in [3.8, 4) is 0 Å². The maximum atomic E-state index is 11.4. The second-order valence-corrected chi connectivity index (χ2v) is 6.81. The highest BCUT2D eigenvalue weighted by Crippen LogP contribution is 2.26. The predicted molar refractivity (Wildman–Crippen MR) is 95.7 cm³/mol. The molecule has 1 saturated heterocycles. The number of aliphatic hydroxyl groups excluding tert-OH is 1. The van der Waals surface area contributed by atoms with E-state index in [9.17, 15) is 9.90 Å². The van der Waals surface area contributed by atoms with E-state index in [1.54, 1.807) is 0 Å². The van der Waals surface area contributed by atoms with Crippen molar-refractivity contribution in [2.45, 2.75) is 39.4 Å². The Morgan fingerprint density at radius 2 is 2.12 bits per heavy atom. The largest absolute Gasteiger partial charge is 0.396 e. The average Bonchev–Trinajstić information content (AvgIpc) is 3.09. The van der Waals surface area contributed by atoms with Crippen LogP contribution >= 0.6 is 0 Å². The molecule has 2 heterocycles. The summed E-state index contributed by atoms with van der Waals surface area (Å²) in [4.78, 5) is 13.7. The van der Waals surface area contributed by atoms with Crippen LogP contribution in [0.4, 0.5) is 0 Å². The highest BCUT2D eigenvalue weighted by molar-refractivity contribution is 5.84. The van der Waals surface area contributed by atoms with Crippen LogP contribution in [-0.4, -0.2) is 46.2 Å². The van der Waals surface area contributed by atoms with Crippen molar-refractivity contribution in [2.75, 3.05) is 19.7 Å². The average molecular weight is 329 g/mol. The maximum Gasteiger partial charge on any atom is 0.217 e. The lowest BCUT2D eigenvalue weighted by molar-refractivity contribution is -0.119. The van der Waals surface area contributed by atoms with E-state index < -0.39 is 0 Å². The lowest BCUT2D eigenvalue weighted by atomic mass is 10.1. The van der Waals surface area contributed by atoms with Crippen LogP contribution in [0, 0.1) is 5.92 Å². The van der Waals surface area contributed by atoms with Crippen LogP contribution in [0.15, 0.2) is 30.5 Å². The molecular weight excluding hydrogens is 302 g/mol. The molecule has 1 aromatic carbocycles. The standard InChI is InChI=1S/C19H27N3O2/c1-3-8-22-11-15(17-6-4-5-7-19(17)22)9-21-10-16(13-23)18(12-21)20-14(2)24/h4-7,11,16,18,23H,3,8-10,12-13H2,1-2H3,(H,20,24)/t16-,18+/m0/s1. The second-order valence-electron chi connectivity index (χ2n) is 6.81. The number of carbonyl (C=O) groups excluding carboxylic acids is 1. The van der Waals surface area contributed by atoms with E-state index in [0.717, 1.165) is 32.6 Å². The van der Waals surface area contributed by atoms with Gasteiger partial charge in [0.2, 0.25) is 5.91 Å². The van der Waals surface area contributed by atoms with Crippen LogP contribution < -0.4 is 5.32 Å². The topological polar surface area (TPSA) is 57.5 Å². The Morgan fingerprint density at radius 3 is 2.83 bits per heavy atom. The van der Waals surface area contributed by atoms with Crippen molar-refractivity contribution in [1.82, 2.24) is 14.8 Å². The number of para-hydroxylation sites is 1. The third-order valence-corrected chi connectivity index (χ3v) is 4.87. The van der Waals surface area contributed by atoms with Gasteiger partial charge in [0.25, 0.3) is 0 Å². The van der Waals surface area contributed by atoms with E-state index in [-0.39, 0.29) is 24.5 Å². The number of aryl methyl sites for hydroxylation is 1. The third kappa shape index (κ3) is 3.47. The van der Waals surface area contributed by atoms with Gasteiger partial charge in [-0.3, -0.25) is 9.69 Å². The molecule has 0 radical (unpaired) electrons. The molecule has 5 heteroatoms. The zero-order chi connectivity index (χ0) is 17.1.